The maximum Gasteiger partial charge on any atom is 0.361 e. The molecule has 2 heterocycles. The van der Waals surface area contributed by atoms with Crippen LogP contribution in [0, 0.1) is 13.8 Å². The van der Waals surface area contributed by atoms with Gasteiger partial charge in [0.05, 0.1) is 22.9 Å². The Morgan fingerprint density at radius 1 is 1.40 bits per heavy atom. The number of aromatic nitrogens is 4. The van der Waals surface area contributed by atoms with Gasteiger partial charge in [-0.3, -0.25) is 0 Å². The van der Waals surface area contributed by atoms with E-state index >= 15 is 0 Å². The number of aryl methyl sites for hydroxylation is 1. The largest absolute Gasteiger partial charge is 0.455 e. The molecule has 0 amide bonds. The van der Waals surface area contributed by atoms with Crippen LogP contribution in [0.4, 0.5) is 0 Å². The Kier molecular flexibility index (Phi) is 3.89. The average Bonchev–Trinajstić information content (AvgIpc) is 2.85. The van der Waals surface area contributed by atoms with Crippen LogP contribution in [0.15, 0.2) is 5.38 Å². The Morgan fingerprint density at radius 3 is 2.65 bits per heavy atom. The summed E-state index contributed by atoms with van der Waals surface area (Å²) in [5, 5.41) is 10.9. The minimum absolute atomic E-state index is 0.256. The van der Waals surface area contributed by atoms with E-state index in [2.05, 4.69) is 15.3 Å². The molecule has 6 nitrogen and oxygen atoms in total. The summed E-state index contributed by atoms with van der Waals surface area (Å²) in [4.78, 5) is 16.4. The average molecular weight is 294 g/mol. The molecule has 0 aliphatic carbocycles. The lowest BCUT2D eigenvalue weighted by Gasteiger charge is -2.18. The number of rotatable bonds is 3. The first-order valence-electron chi connectivity index (χ1n) is 6.31. The number of hydrogen-bond acceptors (Lipinski definition) is 6. The molecule has 0 atom stereocenters. The van der Waals surface area contributed by atoms with E-state index in [0.717, 1.165) is 10.7 Å². The van der Waals surface area contributed by atoms with Gasteiger partial charge in [0, 0.05) is 5.38 Å². The fourth-order valence-corrected chi connectivity index (χ4v) is 2.26. The molecule has 0 aliphatic heterocycles. The normalized spacial score (nSPS) is 11.7. The summed E-state index contributed by atoms with van der Waals surface area (Å²) in [6.07, 6.45) is 0. The van der Waals surface area contributed by atoms with Crippen molar-refractivity contribution >= 4 is 17.3 Å². The first kappa shape index (κ1) is 14.6. The lowest BCUT2D eigenvalue weighted by atomic mass is 10.2. The van der Waals surface area contributed by atoms with E-state index in [0.29, 0.717) is 12.2 Å². The molecule has 0 saturated heterocycles. The molecule has 0 aromatic carbocycles. The second-order valence-corrected chi connectivity index (χ2v) is 6.60. The fourth-order valence-electron chi connectivity index (χ4n) is 1.66. The standard InChI is InChI=1S/C13H18N4O2S/c1-8-11(12(18)19-13(3,4)5)15-16-17(8)6-10-7-20-9(2)14-10/h7H,6H2,1-5H3. The SMILES string of the molecule is Cc1nc(Cn2nnc(C(=O)OC(C)(C)C)c2C)cs1. The quantitative estimate of drug-likeness (QED) is 0.813. The van der Waals surface area contributed by atoms with Crippen LogP contribution in [0.3, 0.4) is 0 Å². The van der Waals surface area contributed by atoms with Gasteiger partial charge in [-0.25, -0.2) is 14.5 Å². The monoisotopic (exact) mass is 294 g/mol. The second-order valence-electron chi connectivity index (χ2n) is 5.54. The Hall–Kier alpha value is -1.76. The molecule has 0 aliphatic rings. The van der Waals surface area contributed by atoms with E-state index < -0.39 is 11.6 Å². The summed E-state index contributed by atoms with van der Waals surface area (Å²) < 4.78 is 6.96. The van der Waals surface area contributed by atoms with E-state index in [9.17, 15) is 4.79 Å². The van der Waals surface area contributed by atoms with Crippen LogP contribution in [0.5, 0.6) is 0 Å². The van der Waals surface area contributed by atoms with Crippen LogP contribution in [0.2, 0.25) is 0 Å². The highest BCUT2D eigenvalue weighted by Gasteiger charge is 2.23. The van der Waals surface area contributed by atoms with Crippen molar-refractivity contribution in [3.05, 3.63) is 27.5 Å². The smallest absolute Gasteiger partial charge is 0.361 e. The van der Waals surface area contributed by atoms with Gasteiger partial charge in [-0.05, 0) is 34.6 Å². The first-order chi connectivity index (χ1) is 9.26. The van der Waals surface area contributed by atoms with Crippen molar-refractivity contribution in [1.29, 1.82) is 0 Å². The molecule has 0 bridgehead atoms. The van der Waals surface area contributed by atoms with E-state index in [1.54, 1.807) is 22.9 Å². The van der Waals surface area contributed by atoms with Crippen molar-refractivity contribution in [2.75, 3.05) is 0 Å². The molecule has 2 rings (SSSR count). The molecule has 7 heteroatoms. The zero-order valence-corrected chi connectivity index (χ0v) is 13.1. The summed E-state index contributed by atoms with van der Waals surface area (Å²) >= 11 is 1.59. The highest BCUT2D eigenvalue weighted by molar-refractivity contribution is 7.09. The third-order valence-electron chi connectivity index (χ3n) is 2.55. The molecular weight excluding hydrogens is 276 g/mol. The lowest BCUT2D eigenvalue weighted by molar-refractivity contribution is 0.00619. The van der Waals surface area contributed by atoms with Crippen LogP contribution in [0.1, 0.15) is 47.7 Å². The number of esters is 1. The number of hydrogen-bond donors (Lipinski definition) is 0. The van der Waals surface area contributed by atoms with Crippen molar-refractivity contribution in [3.8, 4) is 0 Å². The summed E-state index contributed by atoms with van der Waals surface area (Å²) in [7, 11) is 0. The molecule has 0 fully saturated rings. The number of ether oxygens (including phenoxy) is 1. The molecule has 20 heavy (non-hydrogen) atoms. The van der Waals surface area contributed by atoms with Crippen molar-refractivity contribution in [2.45, 2.75) is 46.8 Å². The number of nitrogens with zero attached hydrogens (tertiary/aromatic N) is 4. The van der Waals surface area contributed by atoms with Crippen molar-refractivity contribution in [1.82, 2.24) is 20.0 Å². The number of carbonyl (C=O) groups is 1. The fraction of sp³-hybridized carbons (Fsp3) is 0.538. The van der Waals surface area contributed by atoms with Crippen molar-refractivity contribution in [2.24, 2.45) is 0 Å². The maximum absolute atomic E-state index is 12.0. The number of carbonyl (C=O) groups excluding carboxylic acids is 1. The van der Waals surface area contributed by atoms with Gasteiger partial charge < -0.3 is 4.74 Å². The zero-order chi connectivity index (χ0) is 14.9. The number of thiazole rings is 1. The molecule has 2 aromatic rings. The van der Waals surface area contributed by atoms with E-state index in [1.165, 1.54) is 0 Å². The molecule has 0 N–H and O–H groups in total. The minimum Gasteiger partial charge on any atom is -0.455 e. The van der Waals surface area contributed by atoms with Gasteiger partial charge >= 0.3 is 5.97 Å². The maximum atomic E-state index is 12.0. The van der Waals surface area contributed by atoms with Gasteiger partial charge in [0.1, 0.15) is 5.60 Å². The van der Waals surface area contributed by atoms with Crippen LogP contribution in [-0.2, 0) is 11.3 Å². The van der Waals surface area contributed by atoms with E-state index in [4.69, 9.17) is 4.74 Å². The predicted octanol–water partition coefficient (Wildman–Crippen LogP) is 2.36. The third-order valence-corrected chi connectivity index (χ3v) is 3.38. The summed E-state index contributed by atoms with van der Waals surface area (Å²) in [6, 6.07) is 0. The highest BCUT2D eigenvalue weighted by Crippen LogP contribution is 2.15. The summed E-state index contributed by atoms with van der Waals surface area (Å²) in [6.45, 7) is 9.73. The van der Waals surface area contributed by atoms with Crippen LogP contribution in [0.25, 0.3) is 0 Å². The molecule has 2 aromatic heterocycles. The molecule has 0 spiro atoms. The lowest BCUT2D eigenvalue weighted by Crippen LogP contribution is -2.24. The van der Waals surface area contributed by atoms with Gasteiger partial charge in [-0.2, -0.15) is 0 Å². The Balaban J connectivity index is 2.16. The molecule has 0 radical (unpaired) electrons. The molecule has 0 saturated carbocycles. The van der Waals surface area contributed by atoms with Gasteiger partial charge in [-0.15, -0.1) is 16.4 Å². The Bertz CT molecular complexity index is 625. The van der Waals surface area contributed by atoms with E-state index in [1.807, 2.05) is 33.1 Å². The van der Waals surface area contributed by atoms with Crippen LogP contribution in [-0.4, -0.2) is 31.5 Å². The Morgan fingerprint density at radius 2 is 2.10 bits per heavy atom. The molecule has 108 valence electrons. The highest BCUT2D eigenvalue weighted by atomic mass is 32.1. The molecular formula is C13H18N4O2S. The Labute approximate surface area is 121 Å². The molecule has 0 unspecified atom stereocenters. The predicted molar refractivity (Wildman–Crippen MR) is 75.9 cm³/mol. The zero-order valence-electron chi connectivity index (χ0n) is 12.3. The van der Waals surface area contributed by atoms with Crippen molar-refractivity contribution in [3.63, 3.8) is 0 Å². The first-order valence-corrected chi connectivity index (χ1v) is 7.18. The third kappa shape index (κ3) is 3.41. The van der Waals surface area contributed by atoms with E-state index in [-0.39, 0.29) is 5.69 Å². The second kappa shape index (κ2) is 5.32. The van der Waals surface area contributed by atoms with Crippen molar-refractivity contribution < 1.29 is 9.53 Å². The van der Waals surface area contributed by atoms with Gasteiger partial charge in [-0.1, -0.05) is 5.21 Å². The summed E-state index contributed by atoms with van der Waals surface area (Å²) in [5.41, 5.74) is 1.31. The minimum atomic E-state index is -0.542. The van der Waals surface area contributed by atoms with Gasteiger partial charge in [0.15, 0.2) is 5.69 Å². The van der Waals surface area contributed by atoms with Crippen LogP contribution >= 0.6 is 11.3 Å². The van der Waals surface area contributed by atoms with Gasteiger partial charge in [0.25, 0.3) is 0 Å². The van der Waals surface area contributed by atoms with Gasteiger partial charge in [0.2, 0.25) is 0 Å². The topological polar surface area (TPSA) is 69.9 Å². The summed E-state index contributed by atoms with van der Waals surface area (Å²) in [5.74, 6) is -0.448. The van der Waals surface area contributed by atoms with Crippen LogP contribution < -0.4 is 0 Å².